The lowest BCUT2D eigenvalue weighted by molar-refractivity contribution is 0.310. The van der Waals surface area contributed by atoms with Crippen molar-refractivity contribution in [2.75, 3.05) is 24.6 Å². The molecule has 0 saturated carbocycles. The zero-order valence-corrected chi connectivity index (χ0v) is 8.42. The first-order valence-electron chi connectivity index (χ1n) is 4.42. The molecule has 0 saturated heterocycles. The zero-order chi connectivity index (χ0) is 9.97. The number of benzene rings is 1. The van der Waals surface area contributed by atoms with Crippen molar-refractivity contribution in [1.82, 2.24) is 0 Å². The normalized spacial score (nSPS) is 14.1. The maximum atomic E-state index is 5.86. The van der Waals surface area contributed by atoms with Crippen LogP contribution in [-0.2, 0) is 0 Å². The fourth-order valence-electron chi connectivity index (χ4n) is 1.53. The third kappa shape index (κ3) is 1.64. The molecule has 0 spiro atoms. The Balaban J connectivity index is 2.36. The Kier molecular flexibility index (Phi) is 2.51. The van der Waals surface area contributed by atoms with Crippen LogP contribution in [0.25, 0.3) is 0 Å². The van der Waals surface area contributed by atoms with Crippen LogP contribution in [0.5, 0.6) is 5.75 Å². The van der Waals surface area contributed by atoms with E-state index in [4.69, 9.17) is 22.8 Å². The Labute approximate surface area is 88.4 Å². The molecule has 2 nitrogen and oxygen atoms in total. The van der Waals surface area contributed by atoms with Gasteiger partial charge in [0.15, 0.2) is 0 Å². The Morgan fingerprint density at radius 3 is 3.21 bits per heavy atom. The van der Waals surface area contributed by atoms with Gasteiger partial charge in [-0.05, 0) is 12.1 Å². The molecule has 0 unspecified atom stereocenters. The van der Waals surface area contributed by atoms with Gasteiger partial charge in [-0.25, -0.2) is 0 Å². The smallest absolute Gasteiger partial charge is 0.144 e. The summed E-state index contributed by atoms with van der Waals surface area (Å²) in [5.41, 5.74) is 1.03. The van der Waals surface area contributed by atoms with Gasteiger partial charge in [0.05, 0.1) is 18.8 Å². The van der Waals surface area contributed by atoms with Crippen molar-refractivity contribution >= 4 is 17.3 Å². The van der Waals surface area contributed by atoms with Crippen LogP contribution < -0.4 is 9.64 Å². The molecule has 0 atom stereocenters. The Bertz CT molecular complexity index is 383. The lowest BCUT2D eigenvalue weighted by Crippen LogP contribution is -2.32. The average molecular weight is 208 g/mol. The van der Waals surface area contributed by atoms with Crippen molar-refractivity contribution < 1.29 is 4.74 Å². The van der Waals surface area contributed by atoms with Crippen LogP contribution in [0.1, 0.15) is 0 Å². The van der Waals surface area contributed by atoms with Gasteiger partial charge in [-0.2, -0.15) is 0 Å². The quantitative estimate of drug-likeness (QED) is 0.655. The fourth-order valence-corrected chi connectivity index (χ4v) is 1.69. The third-order valence-electron chi connectivity index (χ3n) is 2.16. The highest BCUT2D eigenvalue weighted by Crippen LogP contribution is 2.33. The number of hydrogen-bond donors (Lipinski definition) is 0. The molecule has 3 heteroatoms. The summed E-state index contributed by atoms with van der Waals surface area (Å²) in [4.78, 5) is 2.11. The number of nitrogens with zero attached hydrogens (tertiary/aromatic N) is 1. The van der Waals surface area contributed by atoms with Gasteiger partial charge in [-0.15, -0.1) is 6.42 Å². The van der Waals surface area contributed by atoms with Crippen LogP contribution in [0.15, 0.2) is 18.2 Å². The van der Waals surface area contributed by atoms with Crippen LogP contribution in [-0.4, -0.2) is 19.7 Å². The van der Waals surface area contributed by atoms with Gasteiger partial charge in [0.1, 0.15) is 12.4 Å². The third-order valence-corrected chi connectivity index (χ3v) is 2.40. The fraction of sp³-hybridized carbons (Fsp3) is 0.273. The maximum Gasteiger partial charge on any atom is 0.144 e. The Morgan fingerprint density at radius 1 is 1.57 bits per heavy atom. The molecule has 0 amide bonds. The van der Waals surface area contributed by atoms with Crippen molar-refractivity contribution in [3.05, 3.63) is 23.2 Å². The molecular formula is C11H10ClNO. The molecule has 0 fully saturated rings. The minimum absolute atomic E-state index is 0.609. The molecule has 0 aromatic heterocycles. The van der Waals surface area contributed by atoms with E-state index in [-0.39, 0.29) is 0 Å². The molecule has 0 aliphatic carbocycles. The minimum atomic E-state index is 0.609. The Hall–Kier alpha value is -1.33. The van der Waals surface area contributed by atoms with Crippen molar-refractivity contribution in [3.8, 4) is 18.1 Å². The molecular weight excluding hydrogens is 198 g/mol. The van der Waals surface area contributed by atoms with E-state index in [2.05, 4.69) is 10.8 Å². The summed E-state index contributed by atoms with van der Waals surface area (Å²) >= 11 is 5.86. The molecule has 1 aliphatic rings. The van der Waals surface area contributed by atoms with E-state index in [1.807, 2.05) is 18.2 Å². The molecule has 0 radical (unpaired) electrons. The van der Waals surface area contributed by atoms with Gasteiger partial charge in [-0.3, -0.25) is 0 Å². The largest absolute Gasteiger partial charge is 0.490 e. The average Bonchev–Trinajstić information content (AvgIpc) is 2.18. The predicted molar refractivity (Wildman–Crippen MR) is 58.0 cm³/mol. The summed E-state index contributed by atoms with van der Waals surface area (Å²) in [6.07, 6.45) is 5.29. The van der Waals surface area contributed by atoms with E-state index < -0.39 is 0 Å². The number of anilines is 1. The number of ether oxygens (including phenoxy) is 1. The minimum Gasteiger partial charge on any atom is -0.490 e. The Morgan fingerprint density at radius 2 is 2.43 bits per heavy atom. The number of rotatable bonds is 1. The number of halogens is 1. The van der Waals surface area contributed by atoms with Crippen LogP contribution in [0.2, 0.25) is 5.02 Å². The van der Waals surface area contributed by atoms with E-state index in [1.165, 1.54) is 0 Å². The van der Waals surface area contributed by atoms with Crippen molar-refractivity contribution in [3.63, 3.8) is 0 Å². The van der Waals surface area contributed by atoms with Crippen LogP contribution in [0.3, 0.4) is 0 Å². The second-order valence-electron chi connectivity index (χ2n) is 3.09. The monoisotopic (exact) mass is 207 g/mol. The number of terminal acetylenes is 1. The summed E-state index contributed by atoms with van der Waals surface area (Å²) in [5, 5.41) is 0.686. The van der Waals surface area contributed by atoms with E-state index >= 15 is 0 Å². The lowest BCUT2D eigenvalue weighted by atomic mass is 10.2. The van der Waals surface area contributed by atoms with Gasteiger partial charge in [0, 0.05) is 11.1 Å². The topological polar surface area (TPSA) is 12.5 Å². The van der Waals surface area contributed by atoms with Gasteiger partial charge >= 0.3 is 0 Å². The van der Waals surface area contributed by atoms with Gasteiger partial charge < -0.3 is 9.64 Å². The number of fused-ring (bicyclic) bond motifs is 1. The molecule has 72 valence electrons. The second kappa shape index (κ2) is 3.81. The van der Waals surface area contributed by atoms with Crippen LogP contribution in [0.4, 0.5) is 5.69 Å². The van der Waals surface area contributed by atoms with E-state index in [9.17, 15) is 0 Å². The first-order chi connectivity index (χ1) is 6.81. The van der Waals surface area contributed by atoms with E-state index in [0.717, 1.165) is 18.0 Å². The van der Waals surface area contributed by atoms with Crippen LogP contribution >= 0.6 is 11.6 Å². The molecule has 0 N–H and O–H groups in total. The predicted octanol–water partition coefficient (Wildman–Crippen LogP) is 2.17. The van der Waals surface area contributed by atoms with Crippen LogP contribution in [0, 0.1) is 12.3 Å². The molecule has 1 aliphatic heterocycles. The van der Waals surface area contributed by atoms with Crippen molar-refractivity contribution in [2.45, 2.75) is 0 Å². The first kappa shape index (κ1) is 9.23. The summed E-state index contributed by atoms with van der Waals surface area (Å²) < 4.78 is 5.49. The summed E-state index contributed by atoms with van der Waals surface area (Å²) in [6.45, 7) is 2.10. The number of hydrogen-bond acceptors (Lipinski definition) is 2. The van der Waals surface area contributed by atoms with E-state index in [0.29, 0.717) is 18.2 Å². The molecule has 1 aromatic carbocycles. The highest BCUT2D eigenvalue weighted by atomic mass is 35.5. The summed E-state index contributed by atoms with van der Waals surface area (Å²) in [6, 6.07) is 5.60. The molecule has 14 heavy (non-hydrogen) atoms. The maximum absolute atomic E-state index is 5.86. The first-order valence-corrected chi connectivity index (χ1v) is 4.80. The summed E-state index contributed by atoms with van der Waals surface area (Å²) in [7, 11) is 0. The SMILES string of the molecule is C#CCN1CCOc2cc(Cl)ccc21. The summed E-state index contributed by atoms with van der Waals surface area (Å²) in [5.74, 6) is 3.45. The molecule has 2 rings (SSSR count). The van der Waals surface area contributed by atoms with E-state index in [1.54, 1.807) is 0 Å². The highest BCUT2D eigenvalue weighted by molar-refractivity contribution is 6.30. The van der Waals surface area contributed by atoms with Gasteiger partial charge in [-0.1, -0.05) is 17.5 Å². The second-order valence-corrected chi connectivity index (χ2v) is 3.52. The molecule has 1 heterocycles. The lowest BCUT2D eigenvalue weighted by Gasteiger charge is -2.29. The van der Waals surface area contributed by atoms with Gasteiger partial charge in [0.25, 0.3) is 0 Å². The standard InChI is InChI=1S/C11H10ClNO/c1-2-5-13-6-7-14-11-8-9(12)3-4-10(11)13/h1,3-4,8H,5-7H2. The zero-order valence-electron chi connectivity index (χ0n) is 7.66. The van der Waals surface area contributed by atoms with Crippen molar-refractivity contribution in [1.29, 1.82) is 0 Å². The van der Waals surface area contributed by atoms with Crippen molar-refractivity contribution in [2.24, 2.45) is 0 Å². The van der Waals surface area contributed by atoms with Gasteiger partial charge in [0.2, 0.25) is 0 Å². The molecule has 0 bridgehead atoms. The highest BCUT2D eigenvalue weighted by Gasteiger charge is 2.16. The molecule has 1 aromatic rings.